The number of aromatic hydroxyl groups is 1. The number of nitrogens with one attached hydrogen (secondary N) is 1. The summed E-state index contributed by atoms with van der Waals surface area (Å²) in [6.07, 6.45) is 6.97. The van der Waals surface area contributed by atoms with Crippen LogP contribution in [0.4, 0.5) is 10.1 Å². The van der Waals surface area contributed by atoms with E-state index in [0.29, 0.717) is 23.2 Å². The minimum Gasteiger partial charge on any atom is -0.505 e. The van der Waals surface area contributed by atoms with E-state index < -0.39 is 58.4 Å². The zero-order chi connectivity index (χ0) is 33.3. The second kappa shape index (κ2) is 11.4. The number of benzene rings is 3. The first-order chi connectivity index (χ1) is 23.2. The fraction of sp³-hybridized carbons (Fsp3) is 0.385. The Balaban J connectivity index is 1.31. The number of likely N-dealkylation sites (tertiary alicyclic amines) is 1. The summed E-state index contributed by atoms with van der Waals surface area (Å²) < 4.78 is 15.2. The first kappa shape index (κ1) is 30.5. The van der Waals surface area contributed by atoms with Crippen molar-refractivity contribution >= 4 is 29.3 Å². The van der Waals surface area contributed by atoms with Crippen LogP contribution in [-0.4, -0.2) is 44.7 Å². The van der Waals surface area contributed by atoms with Crippen LogP contribution in [0.15, 0.2) is 84.4 Å². The molecular formula is C39H38FN3O5. The van der Waals surface area contributed by atoms with Crippen LogP contribution in [0.2, 0.25) is 0 Å². The van der Waals surface area contributed by atoms with E-state index in [9.17, 15) is 19.5 Å². The molecule has 0 spiro atoms. The average molecular weight is 648 g/mol. The zero-order valence-corrected chi connectivity index (χ0v) is 26.8. The zero-order valence-electron chi connectivity index (χ0n) is 26.8. The number of phenols is 1. The number of hydrogen-bond donors (Lipinski definition) is 2. The van der Waals surface area contributed by atoms with E-state index in [2.05, 4.69) is 5.43 Å². The maximum absolute atomic E-state index is 15.2. The van der Waals surface area contributed by atoms with Crippen molar-refractivity contribution < 1.29 is 28.7 Å². The first-order valence-electron chi connectivity index (χ1n) is 17.0. The number of anilines is 1. The van der Waals surface area contributed by atoms with Gasteiger partial charge in [-0.25, -0.2) is 4.39 Å². The van der Waals surface area contributed by atoms with Crippen molar-refractivity contribution in [3.63, 3.8) is 0 Å². The molecule has 8 nitrogen and oxygen atoms in total. The fourth-order valence-corrected chi connectivity index (χ4v) is 9.58. The Bertz CT molecular complexity index is 1850. The maximum Gasteiger partial charge on any atom is 0.260 e. The number of fused-ring (bicyclic) bond motifs is 4. The van der Waals surface area contributed by atoms with Gasteiger partial charge in [0.2, 0.25) is 11.8 Å². The summed E-state index contributed by atoms with van der Waals surface area (Å²) in [5, 5.41) is 12.4. The predicted molar refractivity (Wildman–Crippen MR) is 176 cm³/mol. The van der Waals surface area contributed by atoms with Crippen LogP contribution in [0.25, 0.3) is 0 Å². The van der Waals surface area contributed by atoms with Crippen molar-refractivity contribution in [1.82, 2.24) is 9.91 Å². The van der Waals surface area contributed by atoms with Crippen molar-refractivity contribution in [3.8, 4) is 5.75 Å². The topological polar surface area (TPSA) is 107 Å². The molecule has 2 N–H and O–H groups in total. The molecule has 8 rings (SSSR count). The number of rotatable bonds is 5. The quantitative estimate of drug-likeness (QED) is 0.254. The van der Waals surface area contributed by atoms with Gasteiger partial charge >= 0.3 is 0 Å². The number of hydrogen-bond acceptors (Lipinski definition) is 6. The molecule has 5 aliphatic rings. The highest BCUT2D eigenvalue weighted by Gasteiger charge is 2.70. The normalized spacial score (nSPS) is 30.2. The fourth-order valence-electron chi connectivity index (χ4n) is 9.58. The Morgan fingerprint density at radius 3 is 2.29 bits per heavy atom. The summed E-state index contributed by atoms with van der Waals surface area (Å²) >= 11 is 0. The number of para-hydroxylation sites is 1. The lowest BCUT2D eigenvalue weighted by molar-refractivity contribution is -0.144. The summed E-state index contributed by atoms with van der Waals surface area (Å²) in [5.74, 6) is -6.56. The third-order valence-electron chi connectivity index (χ3n) is 11.7. The number of hydrazine groups is 1. The summed E-state index contributed by atoms with van der Waals surface area (Å²) in [5.41, 5.74) is 4.49. The molecule has 246 valence electrons. The van der Waals surface area contributed by atoms with Gasteiger partial charge in [0.05, 0.1) is 28.9 Å². The smallest absolute Gasteiger partial charge is 0.260 e. The maximum atomic E-state index is 15.2. The minimum absolute atomic E-state index is 0.133. The number of amides is 4. The van der Waals surface area contributed by atoms with E-state index in [0.717, 1.165) is 48.7 Å². The van der Waals surface area contributed by atoms with Crippen molar-refractivity contribution in [3.05, 3.63) is 107 Å². The predicted octanol–water partition coefficient (Wildman–Crippen LogP) is 6.16. The van der Waals surface area contributed by atoms with Gasteiger partial charge in [-0.15, -0.1) is 0 Å². The molecule has 3 aliphatic carbocycles. The van der Waals surface area contributed by atoms with Gasteiger partial charge in [0.15, 0.2) is 11.6 Å². The third-order valence-corrected chi connectivity index (χ3v) is 11.7. The molecule has 2 heterocycles. The molecule has 2 saturated heterocycles. The number of nitrogens with zero attached hydrogens (tertiary/aromatic N) is 2. The molecule has 4 fully saturated rings. The van der Waals surface area contributed by atoms with Crippen LogP contribution in [0.1, 0.15) is 67.6 Å². The Kier molecular flexibility index (Phi) is 7.27. The van der Waals surface area contributed by atoms with E-state index in [1.54, 1.807) is 42.5 Å². The van der Waals surface area contributed by atoms with Gasteiger partial charge in [-0.05, 0) is 62.3 Å². The summed E-state index contributed by atoms with van der Waals surface area (Å²) in [7, 11) is 0. The number of carbonyl (C=O) groups excluding carboxylic acids is 4. The van der Waals surface area contributed by atoms with Crippen molar-refractivity contribution in [2.45, 2.75) is 69.2 Å². The Labute approximate surface area is 278 Å². The van der Waals surface area contributed by atoms with Gasteiger partial charge < -0.3 is 5.11 Å². The number of imide groups is 2. The second-order valence-corrected chi connectivity index (χ2v) is 14.1. The third kappa shape index (κ3) is 4.32. The van der Waals surface area contributed by atoms with Gasteiger partial charge in [-0.1, -0.05) is 91.1 Å². The molecule has 4 amide bonds. The monoisotopic (exact) mass is 647 g/mol. The Morgan fingerprint density at radius 1 is 0.833 bits per heavy atom. The van der Waals surface area contributed by atoms with Crippen LogP contribution in [0, 0.1) is 36.4 Å². The van der Waals surface area contributed by atoms with Gasteiger partial charge in [0, 0.05) is 17.5 Å². The standard InChI is InChI=1S/C39H38FN3O5/c1-22-15-17-24(18-16-22)41-43-36(46)30-21-29-26(19-20-27-32(29)37(47)42(35(27)45)25-11-6-3-7-12-25)33(28-13-8-14-31(40)34(28)44)39(30,38(43)48)23-9-4-2-5-10-23/h2,4-5,8-10,13-19,25,27,29-30,32-33,41,44H,3,6-7,11-12,20-21H2,1H3. The van der Waals surface area contributed by atoms with Crippen LogP contribution < -0.4 is 5.43 Å². The van der Waals surface area contributed by atoms with E-state index >= 15 is 9.18 Å². The summed E-state index contributed by atoms with van der Waals surface area (Å²) in [6, 6.07) is 20.5. The lowest BCUT2D eigenvalue weighted by atomic mass is 9.49. The minimum atomic E-state index is -1.56. The molecule has 0 aromatic heterocycles. The Morgan fingerprint density at radius 2 is 1.56 bits per heavy atom. The Hall–Kier alpha value is -4.79. The number of aryl methyl sites for hydroxylation is 1. The molecule has 3 aromatic carbocycles. The van der Waals surface area contributed by atoms with E-state index in [-0.39, 0.29) is 29.8 Å². The number of phenolic OH excluding ortho intramolecular Hbond substituents is 1. The largest absolute Gasteiger partial charge is 0.505 e. The van der Waals surface area contributed by atoms with Crippen LogP contribution in [-0.2, 0) is 24.6 Å². The molecular weight excluding hydrogens is 609 g/mol. The number of halogens is 1. The number of carbonyl (C=O) groups is 4. The highest BCUT2D eigenvalue weighted by atomic mass is 19.1. The first-order valence-corrected chi connectivity index (χ1v) is 17.0. The molecule has 6 atom stereocenters. The number of allylic oxidation sites excluding steroid dienone is 2. The molecule has 2 aliphatic heterocycles. The van der Waals surface area contributed by atoms with Gasteiger partial charge in [0.25, 0.3) is 11.8 Å². The SMILES string of the molecule is Cc1ccc(NN2C(=O)C3CC4C(=CCC5C(=O)N(C6CCCCC6)C(=O)C54)C(c4cccc(F)c4O)C3(c3ccccc3)C2=O)cc1. The van der Waals surface area contributed by atoms with Crippen molar-refractivity contribution in [2.75, 3.05) is 5.43 Å². The second-order valence-electron chi connectivity index (χ2n) is 14.1. The lowest BCUT2D eigenvalue weighted by Crippen LogP contribution is -2.53. The highest BCUT2D eigenvalue weighted by Crippen LogP contribution is 2.65. The van der Waals surface area contributed by atoms with E-state index in [4.69, 9.17) is 0 Å². The van der Waals surface area contributed by atoms with Crippen molar-refractivity contribution in [1.29, 1.82) is 0 Å². The van der Waals surface area contributed by atoms with Gasteiger partial charge in [-0.2, -0.15) is 5.01 Å². The average Bonchev–Trinajstić information content (AvgIpc) is 3.48. The van der Waals surface area contributed by atoms with E-state index in [1.165, 1.54) is 11.0 Å². The molecule has 3 aromatic rings. The van der Waals surface area contributed by atoms with Crippen molar-refractivity contribution in [2.24, 2.45) is 23.7 Å². The highest BCUT2D eigenvalue weighted by molar-refractivity contribution is 6.13. The van der Waals surface area contributed by atoms with Crippen LogP contribution >= 0.6 is 0 Å². The van der Waals surface area contributed by atoms with Crippen LogP contribution in [0.5, 0.6) is 5.75 Å². The molecule has 0 radical (unpaired) electrons. The van der Waals surface area contributed by atoms with Crippen LogP contribution in [0.3, 0.4) is 0 Å². The van der Waals surface area contributed by atoms with E-state index in [1.807, 2.05) is 31.2 Å². The molecule has 2 saturated carbocycles. The van der Waals surface area contributed by atoms with Gasteiger partial charge in [-0.3, -0.25) is 29.5 Å². The molecule has 9 heteroatoms. The molecule has 0 bridgehead atoms. The molecule has 48 heavy (non-hydrogen) atoms. The molecule has 6 unspecified atom stereocenters. The summed E-state index contributed by atoms with van der Waals surface area (Å²) in [6.45, 7) is 1.94. The summed E-state index contributed by atoms with van der Waals surface area (Å²) in [4.78, 5) is 59.6. The van der Waals surface area contributed by atoms with Gasteiger partial charge in [0.1, 0.15) is 0 Å². The lowest BCUT2D eigenvalue weighted by Gasteiger charge is -2.50.